The maximum absolute atomic E-state index is 11.0. The van der Waals surface area contributed by atoms with Gasteiger partial charge in [-0.05, 0) is 11.8 Å². The molecule has 0 aromatic rings. The van der Waals surface area contributed by atoms with Gasteiger partial charge in [0.05, 0.1) is 13.2 Å². The predicted molar refractivity (Wildman–Crippen MR) is 89.6 cm³/mol. The van der Waals surface area contributed by atoms with E-state index in [1.54, 1.807) is 0 Å². The van der Waals surface area contributed by atoms with E-state index < -0.39 is 8.25 Å². The highest BCUT2D eigenvalue weighted by molar-refractivity contribution is 7.33. The van der Waals surface area contributed by atoms with Crippen LogP contribution in [-0.2, 0) is 13.6 Å². The molecular weight excluding hydrogens is 271 g/mol. The summed E-state index contributed by atoms with van der Waals surface area (Å²) in [7, 11) is -2.23. The molecule has 0 saturated carbocycles. The monoisotopic (exact) mass is 308 g/mol. The Balaban J connectivity index is 0. The van der Waals surface area contributed by atoms with Crippen LogP contribution in [0.1, 0.15) is 80.1 Å². The molecule has 0 unspecified atom stereocenters. The minimum Gasteiger partial charge on any atom is -0.310 e. The first-order chi connectivity index (χ1) is 9.43. The van der Waals surface area contributed by atoms with Crippen LogP contribution in [0.25, 0.3) is 0 Å². The molecule has 4 heteroatoms. The smallest absolute Gasteiger partial charge is 0.310 e. The number of hydrogen-bond acceptors (Lipinski definition) is 3. The van der Waals surface area contributed by atoms with Crippen LogP contribution in [0.2, 0.25) is 0 Å². The van der Waals surface area contributed by atoms with Crippen molar-refractivity contribution in [2.75, 3.05) is 13.2 Å². The number of rotatable bonds is 11. The van der Waals surface area contributed by atoms with Crippen molar-refractivity contribution in [3.63, 3.8) is 0 Å². The third-order valence-electron chi connectivity index (χ3n) is 2.53. The summed E-state index contributed by atoms with van der Waals surface area (Å²) in [5.41, 5.74) is 0. The van der Waals surface area contributed by atoms with Gasteiger partial charge in [0.25, 0.3) is 0 Å². The molecule has 3 nitrogen and oxygen atoms in total. The third kappa shape index (κ3) is 23.3. The summed E-state index contributed by atoms with van der Waals surface area (Å²) in [5.74, 6) is 0.809. The van der Waals surface area contributed by atoms with Crippen molar-refractivity contribution in [2.24, 2.45) is 11.8 Å². The van der Waals surface area contributed by atoms with Gasteiger partial charge in [-0.2, -0.15) is 0 Å². The third-order valence-corrected chi connectivity index (χ3v) is 3.33. The van der Waals surface area contributed by atoms with E-state index in [-0.39, 0.29) is 0 Å². The minimum atomic E-state index is -2.23. The molecule has 0 atom stereocenters. The van der Waals surface area contributed by atoms with E-state index in [1.807, 2.05) is 27.7 Å². The molecule has 20 heavy (non-hydrogen) atoms. The first-order valence-corrected chi connectivity index (χ1v) is 9.45. The van der Waals surface area contributed by atoms with Crippen LogP contribution in [0.5, 0.6) is 0 Å². The molecule has 0 aromatic carbocycles. The van der Waals surface area contributed by atoms with E-state index in [1.165, 1.54) is 38.5 Å². The predicted octanol–water partition coefficient (Wildman–Crippen LogP) is 6.09. The van der Waals surface area contributed by atoms with Gasteiger partial charge in [-0.1, -0.05) is 80.1 Å². The SMILES string of the molecule is CC(C)CO[PH](=O)OCC(C)C.CCCCCCCC. The van der Waals surface area contributed by atoms with Gasteiger partial charge < -0.3 is 9.05 Å². The molecule has 0 aliphatic rings. The molecule has 0 spiro atoms. The van der Waals surface area contributed by atoms with Crippen molar-refractivity contribution in [2.45, 2.75) is 80.1 Å². The van der Waals surface area contributed by atoms with Crippen LogP contribution in [0.15, 0.2) is 0 Å². The van der Waals surface area contributed by atoms with Crippen molar-refractivity contribution in [1.82, 2.24) is 0 Å². The molecule has 0 N–H and O–H groups in total. The van der Waals surface area contributed by atoms with Gasteiger partial charge in [0.1, 0.15) is 0 Å². The average Bonchev–Trinajstić information content (AvgIpc) is 2.40. The lowest BCUT2D eigenvalue weighted by Crippen LogP contribution is -2.00. The van der Waals surface area contributed by atoms with Gasteiger partial charge in [-0.25, -0.2) is 0 Å². The summed E-state index contributed by atoms with van der Waals surface area (Å²) >= 11 is 0. The topological polar surface area (TPSA) is 35.5 Å². The van der Waals surface area contributed by atoms with E-state index >= 15 is 0 Å². The second-order valence-corrected chi connectivity index (χ2v) is 7.15. The Morgan fingerprint density at radius 2 is 1.10 bits per heavy atom. The molecule has 0 aliphatic heterocycles. The molecular formula is C16H37O3P. The summed E-state index contributed by atoms with van der Waals surface area (Å²) in [5, 5.41) is 0. The standard InChI is InChI=1S/C8H19O3P.C8H18/c1-7(2)5-10-12(9)11-6-8(3)4;1-3-5-7-8-6-4-2/h7-8,12H,5-6H2,1-4H3;3-8H2,1-2H3. The maximum Gasteiger partial charge on any atom is 0.319 e. The Kier molecular flexibility index (Phi) is 19.3. The Morgan fingerprint density at radius 1 is 0.750 bits per heavy atom. The van der Waals surface area contributed by atoms with Gasteiger partial charge in [0, 0.05) is 0 Å². The zero-order chi connectivity index (χ0) is 15.8. The summed E-state index contributed by atoms with van der Waals surface area (Å²) in [6.07, 6.45) is 8.49. The molecule has 0 fully saturated rings. The van der Waals surface area contributed by atoms with Crippen molar-refractivity contribution in [3.05, 3.63) is 0 Å². The van der Waals surface area contributed by atoms with E-state index in [2.05, 4.69) is 13.8 Å². The average molecular weight is 308 g/mol. The first kappa shape index (κ1) is 22.4. The molecule has 0 rings (SSSR count). The second-order valence-electron chi connectivity index (χ2n) is 6.07. The van der Waals surface area contributed by atoms with Crippen LogP contribution >= 0.6 is 8.25 Å². The quantitative estimate of drug-likeness (QED) is 0.342. The van der Waals surface area contributed by atoms with Gasteiger partial charge in [0.2, 0.25) is 0 Å². The van der Waals surface area contributed by atoms with Crippen LogP contribution in [0.3, 0.4) is 0 Å². The number of hydrogen-bond donors (Lipinski definition) is 0. The highest BCUT2D eigenvalue weighted by Crippen LogP contribution is 2.25. The Labute approximate surface area is 127 Å². The van der Waals surface area contributed by atoms with Gasteiger partial charge in [0.15, 0.2) is 0 Å². The van der Waals surface area contributed by atoms with Gasteiger partial charge in [-0.15, -0.1) is 0 Å². The number of unbranched alkanes of at least 4 members (excludes halogenated alkanes) is 5. The first-order valence-electron chi connectivity index (χ1n) is 8.23. The zero-order valence-corrected chi connectivity index (χ0v) is 15.5. The van der Waals surface area contributed by atoms with Crippen LogP contribution in [0, 0.1) is 11.8 Å². The summed E-state index contributed by atoms with van der Waals surface area (Å²) in [6, 6.07) is 0. The van der Waals surface area contributed by atoms with Crippen molar-refractivity contribution in [3.8, 4) is 0 Å². The van der Waals surface area contributed by atoms with Crippen molar-refractivity contribution in [1.29, 1.82) is 0 Å². The lowest BCUT2D eigenvalue weighted by Gasteiger charge is -2.08. The largest absolute Gasteiger partial charge is 0.319 e. The highest BCUT2D eigenvalue weighted by atomic mass is 31.1. The Morgan fingerprint density at radius 3 is 1.35 bits per heavy atom. The van der Waals surface area contributed by atoms with E-state index in [0.29, 0.717) is 25.0 Å². The molecule has 0 radical (unpaired) electrons. The van der Waals surface area contributed by atoms with E-state index in [9.17, 15) is 4.57 Å². The van der Waals surface area contributed by atoms with Gasteiger partial charge in [-0.3, -0.25) is 4.57 Å². The molecule has 0 amide bonds. The fourth-order valence-corrected chi connectivity index (χ4v) is 2.39. The maximum atomic E-state index is 11.0. The fraction of sp³-hybridized carbons (Fsp3) is 1.00. The molecule has 0 saturated heterocycles. The molecule has 0 aromatic heterocycles. The molecule has 0 bridgehead atoms. The van der Waals surface area contributed by atoms with E-state index in [4.69, 9.17) is 9.05 Å². The summed E-state index contributed by atoms with van der Waals surface area (Å²) < 4.78 is 20.9. The molecule has 0 heterocycles. The van der Waals surface area contributed by atoms with Crippen LogP contribution in [0.4, 0.5) is 0 Å². The van der Waals surface area contributed by atoms with Crippen molar-refractivity contribution < 1.29 is 13.6 Å². The molecule has 124 valence electrons. The summed E-state index contributed by atoms with van der Waals surface area (Å²) in [4.78, 5) is 0. The summed E-state index contributed by atoms with van der Waals surface area (Å²) in [6.45, 7) is 13.6. The normalized spacial score (nSPS) is 11.1. The molecule has 0 aliphatic carbocycles. The Bertz CT molecular complexity index is 186. The van der Waals surface area contributed by atoms with Crippen molar-refractivity contribution >= 4 is 8.25 Å². The fourth-order valence-electron chi connectivity index (χ4n) is 1.36. The lowest BCUT2D eigenvalue weighted by molar-refractivity contribution is 0.192. The minimum absolute atomic E-state index is 0.404. The van der Waals surface area contributed by atoms with Gasteiger partial charge >= 0.3 is 8.25 Å². The van der Waals surface area contributed by atoms with E-state index in [0.717, 1.165) is 0 Å². The highest BCUT2D eigenvalue weighted by Gasteiger charge is 2.02. The second kappa shape index (κ2) is 17.2. The Hall–Kier alpha value is 0.150. The lowest BCUT2D eigenvalue weighted by atomic mass is 10.1. The zero-order valence-electron chi connectivity index (χ0n) is 14.5. The van der Waals surface area contributed by atoms with Crippen LogP contribution in [-0.4, -0.2) is 13.2 Å². The van der Waals surface area contributed by atoms with Crippen LogP contribution < -0.4 is 0 Å².